The van der Waals surface area contributed by atoms with Gasteiger partial charge in [0.2, 0.25) is 11.8 Å². The second kappa shape index (κ2) is 9.09. The van der Waals surface area contributed by atoms with Crippen LogP contribution < -0.4 is 10.6 Å². The Morgan fingerprint density at radius 3 is 2.38 bits per heavy atom. The summed E-state index contributed by atoms with van der Waals surface area (Å²) in [6.45, 7) is 5.76. The molecule has 0 bridgehead atoms. The maximum Gasteiger partial charge on any atom is 0.227 e. The highest BCUT2D eigenvalue weighted by molar-refractivity contribution is 5.92. The van der Waals surface area contributed by atoms with Gasteiger partial charge in [-0.15, -0.1) is 0 Å². The second-order valence-corrected chi connectivity index (χ2v) is 6.99. The van der Waals surface area contributed by atoms with Crippen LogP contribution in [-0.4, -0.2) is 67.4 Å². The molecule has 0 radical (unpaired) electrons. The van der Waals surface area contributed by atoms with Gasteiger partial charge in [0, 0.05) is 50.7 Å². The maximum atomic E-state index is 12.9. The fourth-order valence-electron chi connectivity index (χ4n) is 3.52. The maximum absolute atomic E-state index is 12.9. The zero-order valence-corrected chi connectivity index (χ0v) is 15.0. The SMILES string of the molecule is O=C(Nc1ccc(F)cc1)C1CCN(CCC(=O)N2CCNCC2)CC1. The fraction of sp³-hybridized carbons (Fsp3) is 0.579. The number of hydrogen-bond acceptors (Lipinski definition) is 4. The van der Waals surface area contributed by atoms with Gasteiger partial charge in [0.05, 0.1) is 0 Å². The lowest BCUT2D eigenvalue weighted by molar-refractivity contribution is -0.132. The van der Waals surface area contributed by atoms with Crippen LogP contribution in [-0.2, 0) is 9.59 Å². The van der Waals surface area contributed by atoms with E-state index in [0.29, 0.717) is 12.1 Å². The standard InChI is InChI=1S/C19H27FN4O2/c20-16-1-3-17(4-2-16)22-19(26)15-5-10-23(11-6-15)12-7-18(25)24-13-8-21-9-14-24/h1-4,15,21H,5-14H2,(H,22,26). The smallest absolute Gasteiger partial charge is 0.227 e. The molecular formula is C19H27FN4O2. The minimum atomic E-state index is -0.313. The van der Waals surface area contributed by atoms with Crippen molar-refractivity contribution in [3.8, 4) is 0 Å². The van der Waals surface area contributed by atoms with Gasteiger partial charge in [0.1, 0.15) is 5.82 Å². The van der Waals surface area contributed by atoms with Crippen LogP contribution in [0, 0.1) is 11.7 Å². The monoisotopic (exact) mass is 362 g/mol. The van der Waals surface area contributed by atoms with Gasteiger partial charge in [-0.25, -0.2) is 4.39 Å². The van der Waals surface area contributed by atoms with Crippen molar-refractivity contribution in [1.29, 1.82) is 0 Å². The number of piperazine rings is 1. The Labute approximate surface area is 153 Å². The summed E-state index contributed by atoms with van der Waals surface area (Å²) in [5, 5.41) is 6.11. The number of hydrogen-bond donors (Lipinski definition) is 2. The van der Waals surface area contributed by atoms with E-state index in [4.69, 9.17) is 0 Å². The fourth-order valence-corrected chi connectivity index (χ4v) is 3.52. The lowest BCUT2D eigenvalue weighted by Crippen LogP contribution is -2.47. The molecule has 0 aliphatic carbocycles. The number of carbonyl (C=O) groups is 2. The summed E-state index contributed by atoms with van der Waals surface area (Å²) in [6.07, 6.45) is 2.12. The van der Waals surface area contributed by atoms with E-state index in [0.717, 1.165) is 58.7 Å². The zero-order chi connectivity index (χ0) is 18.4. The number of piperidine rings is 1. The largest absolute Gasteiger partial charge is 0.340 e. The number of rotatable bonds is 5. The van der Waals surface area contributed by atoms with Crippen molar-refractivity contribution in [2.24, 2.45) is 5.92 Å². The summed E-state index contributed by atoms with van der Waals surface area (Å²) >= 11 is 0. The van der Waals surface area contributed by atoms with E-state index < -0.39 is 0 Å². The predicted octanol–water partition coefficient (Wildman–Crippen LogP) is 1.30. The molecule has 0 saturated carbocycles. The molecule has 2 saturated heterocycles. The van der Waals surface area contributed by atoms with Gasteiger partial charge in [0.15, 0.2) is 0 Å². The molecule has 6 nitrogen and oxygen atoms in total. The normalized spacial score (nSPS) is 19.3. The van der Waals surface area contributed by atoms with Crippen molar-refractivity contribution < 1.29 is 14.0 Å². The summed E-state index contributed by atoms with van der Waals surface area (Å²) in [5.41, 5.74) is 0.625. The summed E-state index contributed by atoms with van der Waals surface area (Å²) in [4.78, 5) is 28.8. The van der Waals surface area contributed by atoms with E-state index in [9.17, 15) is 14.0 Å². The molecule has 1 aromatic rings. The molecule has 142 valence electrons. The number of anilines is 1. The lowest BCUT2D eigenvalue weighted by atomic mass is 9.95. The molecule has 3 rings (SSSR count). The van der Waals surface area contributed by atoms with Crippen LogP contribution in [0.15, 0.2) is 24.3 Å². The molecule has 7 heteroatoms. The van der Waals surface area contributed by atoms with Crippen molar-refractivity contribution >= 4 is 17.5 Å². The molecule has 2 aliphatic rings. The third-order valence-corrected chi connectivity index (χ3v) is 5.18. The number of nitrogens with zero attached hydrogens (tertiary/aromatic N) is 2. The molecule has 2 amide bonds. The van der Waals surface area contributed by atoms with Crippen LogP contribution >= 0.6 is 0 Å². The first kappa shape index (κ1) is 18.8. The number of amides is 2. The Kier molecular flexibility index (Phi) is 6.57. The number of nitrogens with one attached hydrogen (secondary N) is 2. The van der Waals surface area contributed by atoms with Crippen LogP contribution in [0.3, 0.4) is 0 Å². The predicted molar refractivity (Wildman–Crippen MR) is 98.3 cm³/mol. The third-order valence-electron chi connectivity index (χ3n) is 5.18. The number of likely N-dealkylation sites (tertiary alicyclic amines) is 1. The van der Waals surface area contributed by atoms with Gasteiger partial charge in [0.25, 0.3) is 0 Å². The zero-order valence-electron chi connectivity index (χ0n) is 15.0. The highest BCUT2D eigenvalue weighted by atomic mass is 19.1. The summed E-state index contributed by atoms with van der Waals surface area (Å²) in [6, 6.07) is 5.83. The van der Waals surface area contributed by atoms with E-state index >= 15 is 0 Å². The Balaban J connectivity index is 1.37. The van der Waals surface area contributed by atoms with Gasteiger partial charge in [-0.05, 0) is 50.2 Å². The Morgan fingerprint density at radius 1 is 1.08 bits per heavy atom. The molecule has 2 fully saturated rings. The molecule has 2 N–H and O–H groups in total. The van der Waals surface area contributed by atoms with Crippen LogP contribution in [0.25, 0.3) is 0 Å². The average molecular weight is 362 g/mol. The molecule has 2 heterocycles. The number of halogens is 1. The Morgan fingerprint density at radius 2 is 1.73 bits per heavy atom. The molecule has 2 aliphatic heterocycles. The van der Waals surface area contributed by atoms with Gasteiger partial charge in [-0.3, -0.25) is 9.59 Å². The van der Waals surface area contributed by atoms with Gasteiger partial charge < -0.3 is 20.4 Å². The number of carbonyl (C=O) groups excluding carboxylic acids is 2. The van der Waals surface area contributed by atoms with E-state index in [1.54, 1.807) is 12.1 Å². The molecule has 0 spiro atoms. The van der Waals surface area contributed by atoms with Crippen LogP contribution in [0.2, 0.25) is 0 Å². The summed E-state index contributed by atoms with van der Waals surface area (Å²) < 4.78 is 12.9. The minimum Gasteiger partial charge on any atom is -0.340 e. The average Bonchev–Trinajstić information content (AvgIpc) is 2.69. The molecule has 0 unspecified atom stereocenters. The van der Waals surface area contributed by atoms with Crippen molar-refractivity contribution in [3.05, 3.63) is 30.1 Å². The first-order valence-corrected chi connectivity index (χ1v) is 9.39. The third kappa shape index (κ3) is 5.25. The summed E-state index contributed by atoms with van der Waals surface area (Å²) in [7, 11) is 0. The van der Waals surface area contributed by atoms with E-state index in [2.05, 4.69) is 15.5 Å². The van der Waals surface area contributed by atoms with Crippen molar-refractivity contribution in [1.82, 2.24) is 15.1 Å². The highest BCUT2D eigenvalue weighted by Gasteiger charge is 2.25. The minimum absolute atomic E-state index is 0.00634. The topological polar surface area (TPSA) is 64.7 Å². The van der Waals surface area contributed by atoms with Gasteiger partial charge in [-0.2, -0.15) is 0 Å². The Hall–Kier alpha value is -1.99. The van der Waals surface area contributed by atoms with Crippen molar-refractivity contribution in [2.45, 2.75) is 19.3 Å². The van der Waals surface area contributed by atoms with Gasteiger partial charge >= 0.3 is 0 Å². The van der Waals surface area contributed by atoms with E-state index in [1.165, 1.54) is 12.1 Å². The second-order valence-electron chi connectivity index (χ2n) is 6.99. The molecule has 1 aromatic carbocycles. The van der Waals surface area contributed by atoms with Crippen LogP contribution in [0.5, 0.6) is 0 Å². The van der Waals surface area contributed by atoms with Crippen molar-refractivity contribution in [3.63, 3.8) is 0 Å². The van der Waals surface area contributed by atoms with Crippen molar-refractivity contribution in [2.75, 3.05) is 51.1 Å². The van der Waals surface area contributed by atoms with E-state index in [1.807, 2.05) is 4.90 Å². The number of benzene rings is 1. The highest BCUT2D eigenvalue weighted by Crippen LogP contribution is 2.20. The molecule has 0 aromatic heterocycles. The first-order chi connectivity index (χ1) is 12.6. The van der Waals surface area contributed by atoms with E-state index in [-0.39, 0.29) is 23.5 Å². The Bertz CT molecular complexity index is 608. The lowest BCUT2D eigenvalue weighted by Gasteiger charge is -2.32. The molecule has 0 atom stereocenters. The van der Waals surface area contributed by atoms with Crippen LogP contribution in [0.1, 0.15) is 19.3 Å². The quantitative estimate of drug-likeness (QED) is 0.829. The molecule has 26 heavy (non-hydrogen) atoms. The van der Waals surface area contributed by atoms with Crippen LogP contribution in [0.4, 0.5) is 10.1 Å². The first-order valence-electron chi connectivity index (χ1n) is 9.39. The summed E-state index contributed by atoms with van der Waals surface area (Å²) in [5.74, 6) is -0.123. The van der Waals surface area contributed by atoms with Gasteiger partial charge in [-0.1, -0.05) is 0 Å². The molecular weight excluding hydrogens is 335 g/mol.